The van der Waals surface area contributed by atoms with Crippen molar-refractivity contribution in [3.05, 3.63) is 71.8 Å². The first-order valence-electron chi connectivity index (χ1n) is 10.0. The molecular formula is C24H28N4OS. The third kappa shape index (κ3) is 5.00. The first-order chi connectivity index (χ1) is 14.4. The molecule has 0 aliphatic carbocycles. The minimum Gasteiger partial charge on any atom is -0.325 e. The predicted octanol–water partition coefficient (Wildman–Crippen LogP) is 5.60. The van der Waals surface area contributed by atoms with Gasteiger partial charge in [0.25, 0.3) is 0 Å². The minimum absolute atomic E-state index is 0.0651. The van der Waals surface area contributed by atoms with Crippen LogP contribution in [0.1, 0.15) is 36.5 Å². The van der Waals surface area contributed by atoms with Gasteiger partial charge in [-0.1, -0.05) is 68.1 Å². The van der Waals surface area contributed by atoms with Gasteiger partial charge in [-0.15, -0.1) is 16.8 Å². The summed E-state index contributed by atoms with van der Waals surface area (Å²) in [6.07, 6.45) is 1.82. The Labute approximate surface area is 182 Å². The molecule has 0 atom stereocenters. The Hall–Kier alpha value is -2.86. The molecule has 5 nitrogen and oxygen atoms in total. The second-order valence-electron chi connectivity index (χ2n) is 7.57. The van der Waals surface area contributed by atoms with E-state index in [1.54, 1.807) is 0 Å². The summed E-state index contributed by atoms with van der Waals surface area (Å²) in [4.78, 5) is 12.5. The molecule has 0 bridgehead atoms. The van der Waals surface area contributed by atoms with E-state index in [-0.39, 0.29) is 11.7 Å². The molecule has 0 unspecified atom stereocenters. The van der Waals surface area contributed by atoms with Gasteiger partial charge in [-0.25, -0.2) is 0 Å². The van der Waals surface area contributed by atoms with E-state index < -0.39 is 0 Å². The molecular weight excluding hydrogens is 392 g/mol. The van der Waals surface area contributed by atoms with Crippen LogP contribution in [0.4, 0.5) is 5.69 Å². The molecule has 2 aromatic carbocycles. The number of nitrogens with one attached hydrogen (secondary N) is 1. The zero-order valence-corrected chi connectivity index (χ0v) is 18.8. The van der Waals surface area contributed by atoms with Crippen LogP contribution < -0.4 is 5.32 Å². The van der Waals surface area contributed by atoms with Crippen molar-refractivity contribution in [2.24, 2.45) is 0 Å². The van der Waals surface area contributed by atoms with Crippen molar-refractivity contribution in [3.63, 3.8) is 0 Å². The molecule has 3 aromatic rings. The number of nitrogens with zero attached hydrogens (tertiary/aromatic N) is 3. The number of allylic oxidation sites excluding steroid dienone is 1. The lowest BCUT2D eigenvalue weighted by Gasteiger charge is -2.11. The number of anilines is 1. The molecule has 0 aliphatic heterocycles. The van der Waals surface area contributed by atoms with E-state index in [4.69, 9.17) is 0 Å². The summed E-state index contributed by atoms with van der Waals surface area (Å²) < 4.78 is 1.99. The first-order valence-corrected chi connectivity index (χ1v) is 11.0. The van der Waals surface area contributed by atoms with E-state index in [1.165, 1.54) is 17.3 Å². The summed E-state index contributed by atoms with van der Waals surface area (Å²) in [5.74, 6) is 1.45. The lowest BCUT2D eigenvalue weighted by molar-refractivity contribution is -0.113. The van der Waals surface area contributed by atoms with Gasteiger partial charge in [0, 0.05) is 17.8 Å². The van der Waals surface area contributed by atoms with E-state index >= 15 is 0 Å². The third-order valence-electron chi connectivity index (χ3n) is 5.08. The van der Waals surface area contributed by atoms with E-state index in [9.17, 15) is 4.79 Å². The van der Waals surface area contributed by atoms with E-state index in [0.29, 0.717) is 17.6 Å². The molecule has 0 saturated heterocycles. The van der Waals surface area contributed by atoms with Crippen LogP contribution in [-0.2, 0) is 11.3 Å². The molecule has 0 aliphatic rings. The fraction of sp³-hybridized carbons (Fsp3) is 0.292. The van der Waals surface area contributed by atoms with E-state index in [2.05, 4.69) is 60.2 Å². The molecule has 0 fully saturated rings. The molecule has 0 saturated carbocycles. The first kappa shape index (κ1) is 21.8. The number of hydrogen-bond donors (Lipinski definition) is 1. The highest BCUT2D eigenvalue weighted by Gasteiger charge is 2.16. The molecule has 1 heterocycles. The number of aromatic nitrogens is 3. The van der Waals surface area contributed by atoms with E-state index in [1.807, 2.05) is 42.7 Å². The van der Waals surface area contributed by atoms with Crippen molar-refractivity contribution in [1.82, 2.24) is 14.8 Å². The van der Waals surface area contributed by atoms with Gasteiger partial charge >= 0.3 is 0 Å². The van der Waals surface area contributed by atoms with Crippen molar-refractivity contribution >= 4 is 23.4 Å². The summed E-state index contributed by atoms with van der Waals surface area (Å²) in [5.41, 5.74) is 5.36. The van der Waals surface area contributed by atoms with Crippen LogP contribution in [0.25, 0.3) is 11.4 Å². The number of carbonyl (C=O) groups excluding carboxylic acids is 1. The quantitative estimate of drug-likeness (QED) is 0.380. The lowest BCUT2D eigenvalue weighted by atomic mass is 10.0. The zero-order chi connectivity index (χ0) is 21.7. The number of hydrogen-bond acceptors (Lipinski definition) is 4. The molecule has 1 aromatic heterocycles. The van der Waals surface area contributed by atoms with Crippen molar-refractivity contribution < 1.29 is 4.79 Å². The Balaban J connectivity index is 1.74. The van der Waals surface area contributed by atoms with Crippen molar-refractivity contribution in [2.45, 2.75) is 45.3 Å². The van der Waals surface area contributed by atoms with Gasteiger partial charge in [0.15, 0.2) is 11.0 Å². The summed E-state index contributed by atoms with van der Waals surface area (Å²) in [7, 11) is 0. The van der Waals surface area contributed by atoms with Gasteiger partial charge in [-0.2, -0.15) is 0 Å². The Bertz CT molecular complexity index is 1040. The van der Waals surface area contributed by atoms with Crippen LogP contribution in [-0.4, -0.2) is 26.4 Å². The second kappa shape index (κ2) is 9.76. The van der Waals surface area contributed by atoms with Crippen molar-refractivity contribution in [3.8, 4) is 11.4 Å². The molecule has 3 rings (SSSR count). The van der Waals surface area contributed by atoms with Gasteiger partial charge < -0.3 is 5.32 Å². The van der Waals surface area contributed by atoms with Crippen LogP contribution in [0.2, 0.25) is 0 Å². The average molecular weight is 421 g/mol. The largest absolute Gasteiger partial charge is 0.325 e. The molecule has 156 valence electrons. The van der Waals surface area contributed by atoms with Crippen LogP contribution in [0.15, 0.2) is 60.3 Å². The lowest BCUT2D eigenvalue weighted by Crippen LogP contribution is -2.15. The van der Waals surface area contributed by atoms with Crippen LogP contribution >= 0.6 is 11.8 Å². The fourth-order valence-electron chi connectivity index (χ4n) is 3.12. The zero-order valence-electron chi connectivity index (χ0n) is 18.0. The SMILES string of the molecule is C=CCn1c(SCC(=O)Nc2cccc(C)c2C)nnc1-c1ccc(C(C)C)cc1. The monoisotopic (exact) mass is 420 g/mol. The Kier molecular flexibility index (Phi) is 7.11. The predicted molar refractivity (Wildman–Crippen MR) is 125 cm³/mol. The number of amides is 1. The van der Waals surface area contributed by atoms with Crippen LogP contribution in [0.5, 0.6) is 0 Å². The number of carbonyl (C=O) groups is 1. The number of thioether (sulfide) groups is 1. The highest BCUT2D eigenvalue weighted by molar-refractivity contribution is 7.99. The average Bonchev–Trinajstić information content (AvgIpc) is 3.13. The summed E-state index contributed by atoms with van der Waals surface area (Å²) >= 11 is 1.38. The van der Waals surface area contributed by atoms with Crippen molar-refractivity contribution in [1.29, 1.82) is 0 Å². The topological polar surface area (TPSA) is 59.8 Å². The molecule has 0 radical (unpaired) electrons. The number of benzene rings is 2. The van der Waals surface area contributed by atoms with Gasteiger partial charge in [-0.3, -0.25) is 9.36 Å². The molecule has 30 heavy (non-hydrogen) atoms. The Morgan fingerprint density at radius 3 is 2.57 bits per heavy atom. The summed E-state index contributed by atoms with van der Waals surface area (Å²) in [6.45, 7) is 12.8. The highest BCUT2D eigenvalue weighted by atomic mass is 32.2. The standard InChI is InChI=1S/C24H28N4OS/c1-6-14-28-23(20-12-10-19(11-13-20)16(2)3)26-27-24(28)30-15-22(29)25-21-9-7-8-17(4)18(21)5/h6-13,16H,1,14-15H2,2-5H3,(H,25,29). The molecule has 1 N–H and O–H groups in total. The smallest absolute Gasteiger partial charge is 0.234 e. The van der Waals surface area contributed by atoms with Gasteiger partial charge in [0.1, 0.15) is 0 Å². The molecule has 0 spiro atoms. The van der Waals surface area contributed by atoms with Gasteiger partial charge in [0.2, 0.25) is 5.91 Å². The molecule has 6 heteroatoms. The third-order valence-corrected chi connectivity index (χ3v) is 6.04. The Morgan fingerprint density at radius 1 is 1.17 bits per heavy atom. The normalized spacial score (nSPS) is 11.0. The van der Waals surface area contributed by atoms with E-state index in [0.717, 1.165) is 28.2 Å². The molecule has 1 amide bonds. The van der Waals surface area contributed by atoms with Gasteiger partial charge in [0.05, 0.1) is 5.75 Å². The Morgan fingerprint density at radius 2 is 1.90 bits per heavy atom. The van der Waals surface area contributed by atoms with Crippen LogP contribution in [0.3, 0.4) is 0 Å². The van der Waals surface area contributed by atoms with Crippen molar-refractivity contribution in [2.75, 3.05) is 11.1 Å². The second-order valence-corrected chi connectivity index (χ2v) is 8.51. The summed E-state index contributed by atoms with van der Waals surface area (Å²) in [6, 6.07) is 14.3. The van der Waals surface area contributed by atoms with Gasteiger partial charge in [-0.05, 0) is 42.5 Å². The fourth-order valence-corrected chi connectivity index (χ4v) is 3.87. The minimum atomic E-state index is -0.0651. The highest BCUT2D eigenvalue weighted by Crippen LogP contribution is 2.26. The maximum absolute atomic E-state index is 12.5. The number of rotatable bonds is 8. The van der Waals surface area contributed by atoms with Crippen LogP contribution in [0, 0.1) is 13.8 Å². The maximum atomic E-state index is 12.5. The number of aryl methyl sites for hydroxylation is 1. The summed E-state index contributed by atoms with van der Waals surface area (Å²) in [5, 5.41) is 12.4. The maximum Gasteiger partial charge on any atom is 0.234 e.